The van der Waals surface area contributed by atoms with E-state index in [0.717, 1.165) is 5.75 Å². The van der Waals surface area contributed by atoms with Gasteiger partial charge in [-0.25, -0.2) is 0 Å². The molecule has 0 radical (unpaired) electrons. The maximum absolute atomic E-state index is 5.82. The van der Waals surface area contributed by atoms with Gasteiger partial charge in [0.15, 0.2) is 0 Å². The summed E-state index contributed by atoms with van der Waals surface area (Å²) in [5, 5.41) is 0. The van der Waals surface area contributed by atoms with Crippen LogP contribution >= 0.6 is 30.4 Å². The van der Waals surface area contributed by atoms with Crippen LogP contribution in [0.15, 0.2) is 18.2 Å². The summed E-state index contributed by atoms with van der Waals surface area (Å²) in [6.07, 6.45) is 0. The van der Waals surface area contributed by atoms with E-state index >= 15 is 0 Å². The van der Waals surface area contributed by atoms with Gasteiger partial charge in [-0.3, -0.25) is 0 Å². The van der Waals surface area contributed by atoms with Gasteiger partial charge in [0.05, 0.1) is 0 Å². The van der Waals surface area contributed by atoms with E-state index in [-0.39, 0.29) is 10.8 Å². The standard InChI is InChI=1S/C14H21IOS/c1-13(2,3)10-8-7-9-11(14(4,5)6)12(10)16-17-15/h7-9H,1-6H3. The Kier molecular flexibility index (Phi) is 4.81. The minimum atomic E-state index is 0.100. The van der Waals surface area contributed by atoms with Crippen LogP contribution in [0.3, 0.4) is 0 Å². The fraction of sp³-hybridized carbons (Fsp3) is 0.571. The summed E-state index contributed by atoms with van der Waals surface area (Å²) in [6, 6.07) is 6.46. The van der Waals surface area contributed by atoms with E-state index in [9.17, 15) is 0 Å². The first-order valence-corrected chi connectivity index (χ1v) is 9.05. The molecule has 0 bridgehead atoms. The van der Waals surface area contributed by atoms with Crippen molar-refractivity contribution in [3.63, 3.8) is 0 Å². The summed E-state index contributed by atoms with van der Waals surface area (Å²) in [5.74, 6) is 1.03. The molecular formula is C14H21IOS. The number of rotatable bonds is 2. The molecule has 1 rings (SSSR count). The summed E-state index contributed by atoms with van der Waals surface area (Å²) < 4.78 is 5.82. The van der Waals surface area contributed by atoms with E-state index < -0.39 is 0 Å². The molecule has 0 amide bonds. The van der Waals surface area contributed by atoms with Crippen LogP contribution in [0.25, 0.3) is 0 Å². The quantitative estimate of drug-likeness (QED) is 0.495. The van der Waals surface area contributed by atoms with Crippen molar-refractivity contribution >= 4 is 30.4 Å². The molecule has 0 heterocycles. The normalized spacial score (nSPS) is 12.6. The minimum absolute atomic E-state index is 0.100. The fourth-order valence-corrected chi connectivity index (χ4v) is 2.62. The average molecular weight is 364 g/mol. The minimum Gasteiger partial charge on any atom is -0.414 e. The molecule has 0 unspecified atom stereocenters. The van der Waals surface area contributed by atoms with Gasteiger partial charge in [0.1, 0.15) is 15.0 Å². The Bertz CT molecular complexity index is 356. The first kappa shape index (κ1) is 15.2. The van der Waals surface area contributed by atoms with E-state index in [1.54, 1.807) is 0 Å². The molecule has 0 saturated carbocycles. The molecule has 0 aliphatic rings. The van der Waals surface area contributed by atoms with Gasteiger partial charge in [0.2, 0.25) is 0 Å². The molecule has 0 aromatic heterocycles. The zero-order chi connectivity index (χ0) is 13.3. The number of hydrogen-bond donors (Lipinski definition) is 0. The molecular weight excluding hydrogens is 343 g/mol. The van der Waals surface area contributed by atoms with Gasteiger partial charge < -0.3 is 4.18 Å². The Morgan fingerprint density at radius 1 is 0.941 bits per heavy atom. The van der Waals surface area contributed by atoms with E-state index in [0.29, 0.717) is 0 Å². The van der Waals surface area contributed by atoms with Gasteiger partial charge in [-0.15, -0.1) is 0 Å². The van der Waals surface area contributed by atoms with Gasteiger partial charge >= 0.3 is 0 Å². The molecule has 0 N–H and O–H groups in total. The summed E-state index contributed by atoms with van der Waals surface area (Å²) >= 11 is 2.18. The van der Waals surface area contributed by atoms with Crippen LogP contribution in [0.4, 0.5) is 0 Å². The third-order valence-corrected chi connectivity index (χ3v) is 3.51. The number of para-hydroxylation sites is 1. The molecule has 1 nitrogen and oxygen atoms in total. The molecule has 17 heavy (non-hydrogen) atoms. The predicted molar refractivity (Wildman–Crippen MR) is 86.1 cm³/mol. The van der Waals surface area contributed by atoms with Gasteiger partial charge in [0.25, 0.3) is 0 Å². The largest absolute Gasteiger partial charge is 0.414 e. The summed E-state index contributed by atoms with van der Waals surface area (Å²) in [7, 11) is 1.39. The Hall–Kier alpha value is 0.100. The lowest BCUT2D eigenvalue weighted by Crippen LogP contribution is -2.18. The van der Waals surface area contributed by atoms with E-state index in [2.05, 4.69) is 80.9 Å². The highest BCUT2D eigenvalue weighted by molar-refractivity contribution is 14.2. The Labute approximate surface area is 122 Å². The van der Waals surface area contributed by atoms with Gasteiger partial charge in [-0.05, 0) is 10.8 Å². The SMILES string of the molecule is CC(C)(C)c1cccc(C(C)(C)C)c1OSI. The molecule has 96 valence electrons. The Balaban J connectivity index is 3.43. The predicted octanol–water partition coefficient (Wildman–Crippen LogP) is 5.66. The van der Waals surface area contributed by atoms with E-state index in [1.807, 2.05) is 0 Å². The Morgan fingerprint density at radius 2 is 1.35 bits per heavy atom. The highest BCUT2D eigenvalue weighted by atomic mass is 127. The van der Waals surface area contributed by atoms with Crippen LogP contribution in [0.5, 0.6) is 5.75 Å². The molecule has 0 atom stereocenters. The topological polar surface area (TPSA) is 9.23 Å². The highest BCUT2D eigenvalue weighted by Crippen LogP contribution is 2.41. The molecule has 0 aliphatic heterocycles. The summed E-state index contributed by atoms with van der Waals surface area (Å²) in [6.45, 7) is 13.3. The second-order valence-corrected chi connectivity index (χ2v) is 7.70. The van der Waals surface area contributed by atoms with Crippen LogP contribution in [0, 0.1) is 0 Å². The number of halogens is 1. The lowest BCUT2D eigenvalue weighted by molar-refractivity contribution is 0.514. The van der Waals surface area contributed by atoms with Crippen molar-refractivity contribution in [2.24, 2.45) is 0 Å². The summed E-state index contributed by atoms with van der Waals surface area (Å²) in [4.78, 5) is 0. The molecule has 0 saturated heterocycles. The molecule has 1 aromatic rings. The monoisotopic (exact) mass is 364 g/mol. The van der Waals surface area contributed by atoms with Crippen molar-refractivity contribution in [3.8, 4) is 5.75 Å². The van der Waals surface area contributed by atoms with Gasteiger partial charge in [0, 0.05) is 32.3 Å². The summed E-state index contributed by atoms with van der Waals surface area (Å²) in [5.41, 5.74) is 2.74. The first-order valence-electron chi connectivity index (χ1n) is 5.77. The zero-order valence-corrected chi connectivity index (χ0v) is 14.4. The first-order chi connectivity index (χ1) is 7.68. The van der Waals surface area contributed by atoms with Crippen molar-refractivity contribution < 1.29 is 4.18 Å². The van der Waals surface area contributed by atoms with Crippen LogP contribution < -0.4 is 4.18 Å². The molecule has 0 aliphatic carbocycles. The van der Waals surface area contributed by atoms with Crippen LogP contribution in [-0.2, 0) is 10.8 Å². The van der Waals surface area contributed by atoms with Crippen molar-refractivity contribution in [3.05, 3.63) is 29.3 Å². The lowest BCUT2D eigenvalue weighted by Gasteiger charge is -2.28. The zero-order valence-electron chi connectivity index (χ0n) is 11.4. The number of benzene rings is 1. The van der Waals surface area contributed by atoms with Crippen LogP contribution in [0.2, 0.25) is 0 Å². The highest BCUT2D eigenvalue weighted by Gasteiger charge is 2.26. The molecule has 1 aromatic carbocycles. The third kappa shape index (κ3) is 3.78. The lowest BCUT2D eigenvalue weighted by atomic mass is 9.80. The van der Waals surface area contributed by atoms with Crippen LogP contribution in [0.1, 0.15) is 52.7 Å². The maximum atomic E-state index is 5.82. The second-order valence-electron chi connectivity index (χ2n) is 6.33. The third-order valence-electron chi connectivity index (χ3n) is 2.75. The van der Waals surface area contributed by atoms with Crippen LogP contribution in [-0.4, -0.2) is 0 Å². The van der Waals surface area contributed by atoms with Crippen molar-refractivity contribution in [1.29, 1.82) is 0 Å². The number of hydrogen-bond acceptors (Lipinski definition) is 2. The van der Waals surface area contributed by atoms with Crippen molar-refractivity contribution in [1.82, 2.24) is 0 Å². The molecule has 0 fully saturated rings. The van der Waals surface area contributed by atoms with E-state index in [4.69, 9.17) is 4.18 Å². The maximum Gasteiger partial charge on any atom is 0.145 e. The smallest absolute Gasteiger partial charge is 0.145 e. The van der Waals surface area contributed by atoms with Crippen molar-refractivity contribution in [2.75, 3.05) is 0 Å². The second kappa shape index (κ2) is 5.39. The Morgan fingerprint density at radius 3 is 1.65 bits per heavy atom. The van der Waals surface area contributed by atoms with Gasteiger partial charge in [-0.2, -0.15) is 0 Å². The van der Waals surface area contributed by atoms with Crippen molar-refractivity contribution in [2.45, 2.75) is 52.4 Å². The average Bonchev–Trinajstić information content (AvgIpc) is 2.15. The molecule has 3 heteroatoms. The molecule has 0 spiro atoms. The fourth-order valence-electron chi connectivity index (χ4n) is 1.84. The van der Waals surface area contributed by atoms with E-state index in [1.165, 1.54) is 20.3 Å². The van der Waals surface area contributed by atoms with Gasteiger partial charge in [-0.1, -0.05) is 59.7 Å².